The van der Waals surface area contributed by atoms with Crippen molar-refractivity contribution in [3.63, 3.8) is 0 Å². The second-order valence-corrected chi connectivity index (χ2v) is 7.05. The highest BCUT2D eigenvalue weighted by atomic mass is 32.2. The van der Waals surface area contributed by atoms with Gasteiger partial charge in [-0.05, 0) is 42.2 Å². The number of thioether (sulfide) groups is 1. The van der Waals surface area contributed by atoms with Gasteiger partial charge in [0.1, 0.15) is 0 Å². The Balaban J connectivity index is 1.61. The second kappa shape index (κ2) is 5.30. The topological polar surface area (TPSA) is 29.3 Å². The summed E-state index contributed by atoms with van der Waals surface area (Å²) in [6, 6.07) is 15.2. The predicted molar refractivity (Wildman–Crippen MR) is 91.3 cm³/mol. The maximum Gasteiger partial charge on any atom is 0.0419 e. The van der Waals surface area contributed by atoms with Crippen LogP contribution in [0.5, 0.6) is 0 Å². The maximum atomic E-state index is 6.00. The summed E-state index contributed by atoms with van der Waals surface area (Å²) >= 11 is 2.00. The van der Waals surface area contributed by atoms with Gasteiger partial charge in [0.15, 0.2) is 0 Å². The van der Waals surface area contributed by atoms with E-state index in [1.807, 2.05) is 17.8 Å². The molecule has 0 saturated heterocycles. The van der Waals surface area contributed by atoms with Crippen molar-refractivity contribution in [1.82, 2.24) is 0 Å². The summed E-state index contributed by atoms with van der Waals surface area (Å²) in [5.41, 5.74) is 11.2. The summed E-state index contributed by atoms with van der Waals surface area (Å²) in [5, 5.41) is 0. The summed E-state index contributed by atoms with van der Waals surface area (Å²) in [4.78, 5) is 4.01. The fourth-order valence-corrected chi connectivity index (χ4v) is 4.75. The van der Waals surface area contributed by atoms with E-state index in [1.165, 1.54) is 40.3 Å². The Morgan fingerprint density at radius 1 is 1.19 bits per heavy atom. The van der Waals surface area contributed by atoms with Gasteiger partial charge in [-0.2, -0.15) is 0 Å². The molecule has 2 N–H and O–H groups in total. The van der Waals surface area contributed by atoms with Crippen molar-refractivity contribution in [2.24, 2.45) is 0 Å². The molecule has 21 heavy (non-hydrogen) atoms. The van der Waals surface area contributed by atoms with Gasteiger partial charge in [0.2, 0.25) is 0 Å². The summed E-state index contributed by atoms with van der Waals surface area (Å²) in [6.07, 6.45) is 2.43. The van der Waals surface area contributed by atoms with E-state index in [9.17, 15) is 0 Å². The highest BCUT2D eigenvalue weighted by molar-refractivity contribution is 7.99. The fourth-order valence-electron chi connectivity index (χ4n) is 3.50. The number of benzene rings is 2. The third-order valence-corrected chi connectivity index (χ3v) is 5.82. The quantitative estimate of drug-likeness (QED) is 0.852. The first-order valence-corrected chi connectivity index (χ1v) is 8.65. The van der Waals surface area contributed by atoms with Crippen LogP contribution in [0.25, 0.3) is 0 Å². The highest BCUT2D eigenvalue weighted by Crippen LogP contribution is 2.41. The number of nitrogens with zero attached hydrogens (tertiary/aromatic N) is 1. The Morgan fingerprint density at radius 3 is 3.05 bits per heavy atom. The minimum Gasteiger partial charge on any atom is -0.399 e. The molecule has 2 nitrogen and oxygen atoms in total. The van der Waals surface area contributed by atoms with Crippen LogP contribution < -0.4 is 10.6 Å². The molecule has 108 valence electrons. The first-order valence-electron chi connectivity index (χ1n) is 7.66. The number of hydrogen-bond acceptors (Lipinski definition) is 3. The van der Waals surface area contributed by atoms with Crippen LogP contribution in [0.1, 0.15) is 23.5 Å². The van der Waals surface area contributed by atoms with Crippen molar-refractivity contribution in [1.29, 1.82) is 0 Å². The van der Waals surface area contributed by atoms with Crippen molar-refractivity contribution in [2.75, 3.05) is 29.5 Å². The lowest BCUT2D eigenvalue weighted by atomic mass is 9.97. The number of aryl methyl sites for hydroxylation is 1. The van der Waals surface area contributed by atoms with Gasteiger partial charge in [0, 0.05) is 41.0 Å². The standard InChI is InChI=1S/C18H20N2S/c19-15-8-7-13-4-3-9-20(17(13)10-15)11-14-12-21-18-6-2-1-5-16(14)18/h1-2,5-8,10,14H,3-4,9,11-12,19H2. The van der Waals surface area contributed by atoms with Gasteiger partial charge in [-0.25, -0.2) is 0 Å². The van der Waals surface area contributed by atoms with E-state index in [1.54, 1.807) is 0 Å². The summed E-state index contributed by atoms with van der Waals surface area (Å²) in [6.45, 7) is 2.26. The van der Waals surface area contributed by atoms with Gasteiger partial charge in [-0.1, -0.05) is 24.3 Å². The molecule has 1 unspecified atom stereocenters. The maximum absolute atomic E-state index is 6.00. The van der Waals surface area contributed by atoms with Crippen molar-refractivity contribution >= 4 is 23.1 Å². The molecule has 0 saturated carbocycles. The van der Waals surface area contributed by atoms with Gasteiger partial charge >= 0.3 is 0 Å². The van der Waals surface area contributed by atoms with Crippen LogP contribution in [0, 0.1) is 0 Å². The molecular weight excluding hydrogens is 276 g/mol. The molecule has 2 aromatic rings. The van der Waals surface area contributed by atoms with E-state index in [2.05, 4.69) is 41.3 Å². The predicted octanol–water partition coefficient (Wildman–Crippen LogP) is 3.91. The summed E-state index contributed by atoms with van der Waals surface area (Å²) in [5.74, 6) is 1.84. The lowest BCUT2D eigenvalue weighted by Crippen LogP contribution is -2.33. The van der Waals surface area contributed by atoms with Gasteiger partial charge < -0.3 is 10.6 Å². The van der Waals surface area contributed by atoms with Crippen LogP contribution in [-0.4, -0.2) is 18.8 Å². The fraction of sp³-hybridized carbons (Fsp3) is 0.333. The molecule has 0 radical (unpaired) electrons. The molecule has 0 aromatic heterocycles. The monoisotopic (exact) mass is 296 g/mol. The van der Waals surface area contributed by atoms with E-state index >= 15 is 0 Å². The molecule has 0 spiro atoms. The van der Waals surface area contributed by atoms with Crippen molar-refractivity contribution in [3.05, 3.63) is 53.6 Å². The Hall–Kier alpha value is -1.61. The van der Waals surface area contributed by atoms with Crippen LogP contribution in [0.2, 0.25) is 0 Å². The number of nitrogen functional groups attached to an aromatic ring is 1. The molecule has 0 fully saturated rings. The van der Waals surface area contributed by atoms with Crippen LogP contribution in [0.3, 0.4) is 0 Å². The molecule has 0 amide bonds. The van der Waals surface area contributed by atoms with Gasteiger partial charge in [0.05, 0.1) is 0 Å². The molecule has 4 rings (SSSR count). The molecule has 2 aliphatic rings. The van der Waals surface area contributed by atoms with Crippen LogP contribution in [0.15, 0.2) is 47.4 Å². The Kier molecular flexibility index (Phi) is 3.30. The third-order valence-electron chi connectivity index (χ3n) is 4.56. The molecule has 1 atom stereocenters. The van der Waals surface area contributed by atoms with Crippen molar-refractivity contribution in [3.8, 4) is 0 Å². The van der Waals surface area contributed by atoms with E-state index in [4.69, 9.17) is 5.73 Å². The Morgan fingerprint density at radius 2 is 2.10 bits per heavy atom. The lowest BCUT2D eigenvalue weighted by molar-refractivity contribution is 0.645. The van der Waals surface area contributed by atoms with Gasteiger partial charge in [-0.3, -0.25) is 0 Å². The first kappa shape index (κ1) is 13.1. The molecule has 2 heterocycles. The number of anilines is 2. The minimum atomic E-state index is 0.638. The second-order valence-electron chi connectivity index (χ2n) is 5.98. The zero-order valence-corrected chi connectivity index (χ0v) is 12.9. The van der Waals surface area contributed by atoms with E-state index in [-0.39, 0.29) is 0 Å². The molecule has 2 aliphatic heterocycles. The third kappa shape index (κ3) is 2.40. The number of hydrogen-bond donors (Lipinski definition) is 1. The van der Waals surface area contributed by atoms with E-state index in [0.717, 1.165) is 18.8 Å². The normalized spacial score (nSPS) is 20.2. The zero-order valence-electron chi connectivity index (χ0n) is 12.1. The van der Waals surface area contributed by atoms with Crippen LogP contribution in [0.4, 0.5) is 11.4 Å². The number of nitrogens with two attached hydrogens (primary N) is 1. The molecular formula is C18H20N2S. The first-order chi connectivity index (χ1) is 10.3. The van der Waals surface area contributed by atoms with Gasteiger partial charge in [0.25, 0.3) is 0 Å². The van der Waals surface area contributed by atoms with Crippen molar-refractivity contribution in [2.45, 2.75) is 23.7 Å². The molecule has 2 aromatic carbocycles. The highest BCUT2D eigenvalue weighted by Gasteiger charge is 2.26. The van der Waals surface area contributed by atoms with E-state index < -0.39 is 0 Å². The van der Waals surface area contributed by atoms with Gasteiger partial charge in [-0.15, -0.1) is 11.8 Å². The number of fused-ring (bicyclic) bond motifs is 2. The van der Waals surface area contributed by atoms with Crippen molar-refractivity contribution < 1.29 is 0 Å². The summed E-state index contributed by atoms with van der Waals surface area (Å²) < 4.78 is 0. The van der Waals surface area contributed by atoms with E-state index in [0.29, 0.717) is 5.92 Å². The Bertz CT molecular complexity index is 668. The number of rotatable bonds is 2. The zero-order chi connectivity index (χ0) is 14.2. The van der Waals surface area contributed by atoms with Crippen LogP contribution >= 0.6 is 11.8 Å². The smallest absolute Gasteiger partial charge is 0.0419 e. The molecule has 3 heteroatoms. The molecule has 0 bridgehead atoms. The minimum absolute atomic E-state index is 0.638. The largest absolute Gasteiger partial charge is 0.399 e. The average Bonchev–Trinajstić information content (AvgIpc) is 2.91. The molecule has 0 aliphatic carbocycles. The lowest BCUT2D eigenvalue weighted by Gasteiger charge is -2.33. The summed E-state index contributed by atoms with van der Waals surface area (Å²) in [7, 11) is 0. The van der Waals surface area contributed by atoms with Crippen LogP contribution in [-0.2, 0) is 6.42 Å². The SMILES string of the molecule is Nc1ccc2c(c1)N(CC1CSc3ccccc31)CCC2. The average molecular weight is 296 g/mol. The Labute approximate surface area is 130 Å².